The first-order chi connectivity index (χ1) is 16.2. The van der Waals surface area contributed by atoms with Crippen LogP contribution in [0.15, 0.2) is 18.2 Å². The summed E-state index contributed by atoms with van der Waals surface area (Å²) >= 11 is 7.52. The van der Waals surface area contributed by atoms with Crippen molar-refractivity contribution < 1.29 is 18.7 Å². The number of nitrogens with one attached hydrogen (secondary N) is 2. The van der Waals surface area contributed by atoms with Crippen LogP contribution in [0.5, 0.6) is 5.75 Å². The van der Waals surface area contributed by atoms with E-state index in [0.29, 0.717) is 32.2 Å². The highest BCUT2D eigenvalue weighted by molar-refractivity contribution is 7.21. The molecule has 3 aromatic rings. The van der Waals surface area contributed by atoms with Crippen molar-refractivity contribution in [1.82, 2.24) is 10.3 Å². The Kier molecular flexibility index (Phi) is 7.38. The highest BCUT2D eigenvalue weighted by atomic mass is 35.5. The van der Waals surface area contributed by atoms with Gasteiger partial charge in [0.2, 0.25) is 0 Å². The molecule has 6 nitrogen and oxygen atoms in total. The number of rotatable bonds is 6. The summed E-state index contributed by atoms with van der Waals surface area (Å²) in [5.41, 5.74) is 2.08. The van der Waals surface area contributed by atoms with Crippen LogP contribution in [0.4, 0.5) is 10.2 Å². The summed E-state index contributed by atoms with van der Waals surface area (Å²) in [6.45, 7) is 5.38. The molecule has 2 N–H and O–H groups in total. The summed E-state index contributed by atoms with van der Waals surface area (Å²) in [7, 11) is 0. The molecule has 0 radical (unpaired) electrons. The van der Waals surface area contributed by atoms with Crippen LogP contribution in [0.2, 0.25) is 5.02 Å². The van der Waals surface area contributed by atoms with E-state index in [2.05, 4.69) is 15.6 Å². The van der Waals surface area contributed by atoms with Gasteiger partial charge in [-0.3, -0.25) is 9.59 Å². The Labute approximate surface area is 206 Å². The van der Waals surface area contributed by atoms with Crippen LogP contribution in [0.25, 0.3) is 10.1 Å². The molecule has 1 aromatic carbocycles. The lowest BCUT2D eigenvalue weighted by Crippen LogP contribution is -2.39. The van der Waals surface area contributed by atoms with Gasteiger partial charge in [-0.15, -0.1) is 11.3 Å². The molecule has 0 spiro atoms. The summed E-state index contributed by atoms with van der Waals surface area (Å²) < 4.78 is 20.0. The quantitative estimate of drug-likeness (QED) is 0.426. The number of pyridine rings is 1. The Bertz CT molecular complexity index is 1250. The number of carbonyl (C=O) groups excluding carboxylic acids is 2. The second-order valence-corrected chi connectivity index (χ2v) is 10.1. The number of fused-ring (bicyclic) bond motifs is 1. The summed E-state index contributed by atoms with van der Waals surface area (Å²) in [5.74, 6) is -0.0226. The van der Waals surface area contributed by atoms with Gasteiger partial charge < -0.3 is 15.4 Å². The number of hydrogen-bond acceptors (Lipinski definition) is 5. The van der Waals surface area contributed by atoms with Crippen molar-refractivity contribution in [3.05, 3.63) is 50.7 Å². The molecule has 1 aliphatic carbocycles. The summed E-state index contributed by atoms with van der Waals surface area (Å²) in [4.78, 5) is 30.1. The topological polar surface area (TPSA) is 80.3 Å². The fourth-order valence-electron chi connectivity index (χ4n) is 4.26. The number of benzene rings is 1. The zero-order valence-electron chi connectivity index (χ0n) is 19.4. The number of anilines is 1. The first kappa shape index (κ1) is 24.4. The Morgan fingerprint density at radius 2 is 1.91 bits per heavy atom. The van der Waals surface area contributed by atoms with Crippen molar-refractivity contribution in [2.45, 2.75) is 58.9 Å². The van der Waals surface area contributed by atoms with Gasteiger partial charge in [-0.2, -0.15) is 0 Å². The van der Waals surface area contributed by atoms with Crippen LogP contribution in [0.3, 0.4) is 0 Å². The SMILES string of the molecule is Cc1nc(NC(=O)c2sc3cc(F)ccc3c2Cl)c(C)c(C)c1OCC(=O)NC1CCCCC1. The second-order valence-electron chi connectivity index (χ2n) is 8.66. The third kappa shape index (κ3) is 5.18. The largest absolute Gasteiger partial charge is 0.482 e. The number of ether oxygens (including phenoxy) is 1. The second kappa shape index (κ2) is 10.3. The summed E-state index contributed by atoms with van der Waals surface area (Å²) in [6, 6.07) is 4.46. The average Bonchev–Trinajstić information content (AvgIpc) is 3.13. The molecule has 0 unspecified atom stereocenters. The zero-order chi connectivity index (χ0) is 24.4. The number of aromatic nitrogens is 1. The normalized spacial score (nSPS) is 14.3. The van der Waals surface area contributed by atoms with Crippen LogP contribution in [-0.4, -0.2) is 29.4 Å². The summed E-state index contributed by atoms with van der Waals surface area (Å²) in [5, 5.41) is 6.77. The van der Waals surface area contributed by atoms with Crippen molar-refractivity contribution >= 4 is 50.7 Å². The monoisotopic (exact) mass is 503 g/mol. The predicted octanol–water partition coefficient (Wildman–Crippen LogP) is 6.09. The van der Waals surface area contributed by atoms with Gasteiger partial charge in [-0.25, -0.2) is 9.37 Å². The summed E-state index contributed by atoms with van der Waals surface area (Å²) in [6.07, 6.45) is 5.53. The zero-order valence-corrected chi connectivity index (χ0v) is 21.0. The maximum Gasteiger partial charge on any atom is 0.268 e. The van der Waals surface area contributed by atoms with Gasteiger partial charge >= 0.3 is 0 Å². The Hall–Kier alpha value is -2.71. The number of carbonyl (C=O) groups is 2. The lowest BCUT2D eigenvalue weighted by molar-refractivity contribution is -0.124. The molecule has 2 aromatic heterocycles. The molecule has 9 heteroatoms. The van der Waals surface area contributed by atoms with Gasteiger partial charge in [0.15, 0.2) is 6.61 Å². The Morgan fingerprint density at radius 1 is 1.18 bits per heavy atom. The number of aryl methyl sites for hydroxylation is 1. The maximum absolute atomic E-state index is 13.6. The van der Waals surface area contributed by atoms with E-state index < -0.39 is 5.91 Å². The minimum Gasteiger partial charge on any atom is -0.482 e. The molecule has 2 amide bonds. The first-order valence-electron chi connectivity index (χ1n) is 11.3. The molecule has 0 aliphatic heterocycles. The molecule has 4 rings (SSSR count). The number of hydrogen-bond donors (Lipinski definition) is 2. The predicted molar refractivity (Wildman–Crippen MR) is 134 cm³/mol. The third-order valence-corrected chi connectivity index (χ3v) is 7.87. The molecule has 0 bridgehead atoms. The molecule has 1 aliphatic rings. The van der Waals surface area contributed by atoms with Gasteiger partial charge in [-0.05, 0) is 62.9 Å². The van der Waals surface area contributed by atoms with Crippen LogP contribution in [0, 0.1) is 26.6 Å². The lowest BCUT2D eigenvalue weighted by atomic mass is 9.95. The highest BCUT2D eigenvalue weighted by Crippen LogP contribution is 2.37. The van der Waals surface area contributed by atoms with Gasteiger partial charge in [0.1, 0.15) is 22.3 Å². The van der Waals surface area contributed by atoms with E-state index in [0.717, 1.165) is 48.1 Å². The maximum atomic E-state index is 13.6. The molecule has 180 valence electrons. The smallest absolute Gasteiger partial charge is 0.268 e. The Balaban J connectivity index is 1.47. The molecular formula is C25H27ClFN3O3S. The fraction of sp³-hybridized carbons (Fsp3) is 0.400. The lowest BCUT2D eigenvalue weighted by Gasteiger charge is -2.23. The molecule has 1 fully saturated rings. The third-order valence-electron chi connectivity index (χ3n) is 6.21. The van der Waals surface area contributed by atoms with E-state index >= 15 is 0 Å². The van der Waals surface area contributed by atoms with Crippen LogP contribution >= 0.6 is 22.9 Å². The number of nitrogens with zero attached hydrogens (tertiary/aromatic N) is 1. The first-order valence-corrected chi connectivity index (χ1v) is 12.5. The number of amides is 2. The van der Waals surface area contributed by atoms with E-state index in [1.165, 1.54) is 18.6 Å². The molecule has 1 saturated carbocycles. The van der Waals surface area contributed by atoms with Crippen molar-refractivity contribution in [2.24, 2.45) is 0 Å². The van der Waals surface area contributed by atoms with Crippen LogP contribution in [0.1, 0.15) is 58.6 Å². The van der Waals surface area contributed by atoms with Crippen molar-refractivity contribution in [1.29, 1.82) is 0 Å². The van der Waals surface area contributed by atoms with Crippen molar-refractivity contribution in [3.8, 4) is 5.75 Å². The van der Waals surface area contributed by atoms with Gasteiger partial charge in [0.05, 0.1) is 10.7 Å². The van der Waals surface area contributed by atoms with Gasteiger partial charge in [0.25, 0.3) is 11.8 Å². The Morgan fingerprint density at radius 3 is 2.65 bits per heavy atom. The number of thiophene rings is 1. The molecule has 34 heavy (non-hydrogen) atoms. The van der Waals surface area contributed by atoms with Crippen LogP contribution in [-0.2, 0) is 4.79 Å². The molecule has 2 heterocycles. The number of halogens is 2. The van der Waals surface area contributed by atoms with Gasteiger partial charge in [-0.1, -0.05) is 30.9 Å². The highest BCUT2D eigenvalue weighted by Gasteiger charge is 2.21. The minimum atomic E-state index is -0.415. The van der Waals surface area contributed by atoms with Crippen LogP contribution < -0.4 is 15.4 Å². The van der Waals surface area contributed by atoms with E-state index in [-0.39, 0.29) is 29.4 Å². The average molecular weight is 504 g/mol. The van der Waals surface area contributed by atoms with Gasteiger partial charge in [0, 0.05) is 16.1 Å². The standard InChI is InChI=1S/C25H27ClFN3O3S/c1-13-14(2)24(30-25(32)23-21(26)18-10-9-16(27)11-19(18)34-23)28-15(3)22(13)33-12-20(31)29-17-7-5-4-6-8-17/h9-11,17H,4-8,12H2,1-3H3,(H,29,31)(H,28,30,32). The van der Waals surface area contributed by atoms with Crippen molar-refractivity contribution in [3.63, 3.8) is 0 Å². The fourth-order valence-corrected chi connectivity index (χ4v) is 5.70. The van der Waals surface area contributed by atoms with Crippen molar-refractivity contribution in [2.75, 3.05) is 11.9 Å². The molecular weight excluding hydrogens is 477 g/mol. The molecule has 0 saturated heterocycles. The molecule has 0 atom stereocenters. The van der Waals surface area contributed by atoms with E-state index in [1.54, 1.807) is 13.0 Å². The minimum absolute atomic E-state index is 0.0844. The van der Waals surface area contributed by atoms with E-state index in [1.807, 2.05) is 13.8 Å². The van der Waals surface area contributed by atoms with E-state index in [9.17, 15) is 14.0 Å². The van der Waals surface area contributed by atoms with E-state index in [4.69, 9.17) is 16.3 Å².